The molecule has 0 radical (unpaired) electrons. The zero-order valence-corrected chi connectivity index (χ0v) is 24.8. The molecule has 2 N–H and O–H groups in total. The molecule has 1 aliphatic rings. The molecular weight excluding hydrogens is 562 g/mol. The van der Waals surface area contributed by atoms with Gasteiger partial charge in [-0.05, 0) is 28.7 Å². The van der Waals surface area contributed by atoms with Gasteiger partial charge in [0.25, 0.3) is 0 Å². The molecular formula is C39H35NO5. The number of hydrogen-bond acceptors (Lipinski definition) is 5. The molecule has 0 aliphatic heterocycles. The fourth-order valence-electron chi connectivity index (χ4n) is 6.23. The van der Waals surface area contributed by atoms with Crippen LogP contribution in [-0.2, 0) is 19.9 Å². The first-order valence-electron chi connectivity index (χ1n) is 15.2. The standard InChI is InChI=1S/C39H35NO5/c41-26-31(40-38(43)44-27-36-34-22-12-10-20-32(34)33-21-11-13-23-35(33)36)24-25-37(42)45-39(28-14-4-1-5-15-28,29-16-6-2-7-17-29)30-18-8-3-9-19-30/h1-23,31,36,41H,24-27H2,(H,40,43)/t31-/m0/s1. The molecule has 226 valence electrons. The fraction of sp³-hybridized carbons (Fsp3) is 0.179. The predicted molar refractivity (Wildman–Crippen MR) is 174 cm³/mol. The third kappa shape index (κ3) is 6.24. The van der Waals surface area contributed by atoms with Gasteiger partial charge in [0.2, 0.25) is 0 Å². The summed E-state index contributed by atoms with van der Waals surface area (Å²) in [6.07, 6.45) is -0.492. The van der Waals surface area contributed by atoms with Crippen molar-refractivity contribution in [3.05, 3.63) is 167 Å². The summed E-state index contributed by atoms with van der Waals surface area (Å²) in [5, 5.41) is 12.8. The molecule has 0 saturated heterocycles. The fourth-order valence-corrected chi connectivity index (χ4v) is 6.23. The maximum Gasteiger partial charge on any atom is 0.407 e. The molecule has 0 saturated carbocycles. The van der Waals surface area contributed by atoms with Crippen LogP contribution in [0.5, 0.6) is 0 Å². The molecule has 5 aromatic carbocycles. The van der Waals surface area contributed by atoms with Gasteiger partial charge in [0, 0.05) is 29.0 Å². The van der Waals surface area contributed by atoms with E-state index >= 15 is 0 Å². The predicted octanol–water partition coefficient (Wildman–Crippen LogP) is 7.20. The van der Waals surface area contributed by atoms with Crippen LogP contribution in [-0.4, -0.2) is 36.4 Å². The maximum absolute atomic E-state index is 13.6. The van der Waals surface area contributed by atoms with E-state index in [0.29, 0.717) is 0 Å². The van der Waals surface area contributed by atoms with Crippen molar-refractivity contribution >= 4 is 12.1 Å². The number of amides is 1. The minimum absolute atomic E-state index is 0.0247. The number of hydrogen-bond donors (Lipinski definition) is 2. The van der Waals surface area contributed by atoms with Gasteiger partial charge in [-0.2, -0.15) is 0 Å². The van der Waals surface area contributed by atoms with E-state index < -0.39 is 23.7 Å². The summed E-state index contributed by atoms with van der Waals surface area (Å²) in [4.78, 5) is 26.4. The third-order valence-corrected chi connectivity index (χ3v) is 8.39. The number of ether oxygens (including phenoxy) is 2. The van der Waals surface area contributed by atoms with Gasteiger partial charge in [0.15, 0.2) is 5.60 Å². The van der Waals surface area contributed by atoms with E-state index in [4.69, 9.17) is 9.47 Å². The second-order valence-electron chi connectivity index (χ2n) is 11.1. The van der Waals surface area contributed by atoms with Gasteiger partial charge in [0.05, 0.1) is 12.6 Å². The molecule has 6 heteroatoms. The van der Waals surface area contributed by atoms with E-state index in [-0.39, 0.29) is 32.0 Å². The molecule has 0 heterocycles. The quantitative estimate of drug-likeness (QED) is 0.124. The van der Waals surface area contributed by atoms with Gasteiger partial charge in [-0.25, -0.2) is 4.79 Å². The van der Waals surface area contributed by atoms with Crippen molar-refractivity contribution in [2.45, 2.75) is 30.4 Å². The lowest BCUT2D eigenvalue weighted by molar-refractivity contribution is -0.153. The van der Waals surface area contributed by atoms with Crippen LogP contribution in [0.3, 0.4) is 0 Å². The Morgan fingerprint density at radius 2 is 1.11 bits per heavy atom. The average Bonchev–Trinajstić information content (AvgIpc) is 3.42. The highest BCUT2D eigenvalue weighted by molar-refractivity contribution is 5.79. The number of alkyl carbamates (subject to hydrolysis) is 1. The molecule has 0 bridgehead atoms. The van der Waals surface area contributed by atoms with E-state index in [0.717, 1.165) is 38.9 Å². The number of esters is 1. The number of fused-ring (bicyclic) bond motifs is 3. The van der Waals surface area contributed by atoms with Crippen LogP contribution < -0.4 is 5.32 Å². The first kappa shape index (κ1) is 29.9. The van der Waals surface area contributed by atoms with E-state index in [1.165, 1.54) is 0 Å². The highest BCUT2D eigenvalue weighted by atomic mass is 16.6. The Kier molecular flexibility index (Phi) is 9.04. The molecule has 0 aromatic heterocycles. The number of nitrogens with one attached hydrogen (secondary N) is 1. The second-order valence-corrected chi connectivity index (χ2v) is 11.1. The number of carbonyl (C=O) groups is 2. The maximum atomic E-state index is 13.6. The topological polar surface area (TPSA) is 84.9 Å². The van der Waals surface area contributed by atoms with Gasteiger partial charge >= 0.3 is 12.1 Å². The second kappa shape index (κ2) is 13.6. The molecule has 6 rings (SSSR count). The molecule has 6 nitrogen and oxygen atoms in total. The highest BCUT2D eigenvalue weighted by Gasteiger charge is 2.40. The summed E-state index contributed by atoms with van der Waals surface area (Å²) < 4.78 is 12.1. The molecule has 5 aromatic rings. The normalized spacial score (nSPS) is 12.9. The monoisotopic (exact) mass is 597 g/mol. The zero-order chi connectivity index (χ0) is 31.1. The van der Waals surface area contributed by atoms with Crippen LogP contribution in [0.15, 0.2) is 140 Å². The van der Waals surface area contributed by atoms with E-state index in [1.54, 1.807) is 0 Å². The Bertz CT molecular complexity index is 1600. The molecule has 1 aliphatic carbocycles. The minimum atomic E-state index is -1.18. The summed E-state index contributed by atoms with van der Waals surface area (Å²) in [6, 6.07) is 44.6. The first-order chi connectivity index (χ1) is 22.1. The Morgan fingerprint density at radius 3 is 1.58 bits per heavy atom. The van der Waals surface area contributed by atoms with Crippen LogP contribution >= 0.6 is 0 Å². The molecule has 0 unspecified atom stereocenters. The molecule has 1 amide bonds. The van der Waals surface area contributed by atoms with Crippen molar-refractivity contribution in [2.24, 2.45) is 0 Å². The first-order valence-corrected chi connectivity index (χ1v) is 15.2. The van der Waals surface area contributed by atoms with Crippen molar-refractivity contribution in [3.63, 3.8) is 0 Å². The van der Waals surface area contributed by atoms with Gasteiger partial charge in [0.1, 0.15) is 6.61 Å². The number of benzene rings is 5. The smallest absolute Gasteiger partial charge is 0.407 e. The highest BCUT2D eigenvalue weighted by Crippen LogP contribution is 2.44. The van der Waals surface area contributed by atoms with Gasteiger partial charge < -0.3 is 19.9 Å². The minimum Gasteiger partial charge on any atom is -0.449 e. The van der Waals surface area contributed by atoms with Crippen molar-refractivity contribution in [1.29, 1.82) is 0 Å². The van der Waals surface area contributed by atoms with Crippen LogP contribution in [0, 0.1) is 0 Å². The van der Waals surface area contributed by atoms with Gasteiger partial charge in [-0.3, -0.25) is 4.79 Å². The van der Waals surface area contributed by atoms with E-state index in [9.17, 15) is 14.7 Å². The van der Waals surface area contributed by atoms with E-state index in [1.807, 2.05) is 115 Å². The number of rotatable bonds is 11. The largest absolute Gasteiger partial charge is 0.449 e. The molecule has 0 spiro atoms. The summed E-state index contributed by atoms with van der Waals surface area (Å²) in [5.41, 5.74) is 5.77. The molecule has 1 atom stereocenters. The summed E-state index contributed by atoms with van der Waals surface area (Å²) in [7, 11) is 0. The Labute approximate surface area is 263 Å². The lowest BCUT2D eigenvalue weighted by Crippen LogP contribution is -2.39. The van der Waals surface area contributed by atoms with Gasteiger partial charge in [-0.1, -0.05) is 140 Å². The molecule has 0 fully saturated rings. The summed E-state index contributed by atoms with van der Waals surface area (Å²) in [6.45, 7) is -0.188. The average molecular weight is 598 g/mol. The van der Waals surface area contributed by atoms with E-state index in [2.05, 4.69) is 29.6 Å². The molecule has 45 heavy (non-hydrogen) atoms. The number of aliphatic hydroxyl groups excluding tert-OH is 1. The SMILES string of the molecule is O=C(CC[C@@H](CO)NC(=O)OCC1c2ccccc2-c2ccccc21)OC(c1ccccc1)(c1ccccc1)c1ccccc1. The Hall–Kier alpha value is -5.20. The van der Waals surface area contributed by atoms with Crippen LogP contribution in [0.2, 0.25) is 0 Å². The lowest BCUT2D eigenvalue weighted by Gasteiger charge is -2.35. The Balaban J connectivity index is 1.13. The van der Waals surface area contributed by atoms with Gasteiger partial charge in [-0.15, -0.1) is 0 Å². The zero-order valence-electron chi connectivity index (χ0n) is 24.8. The van der Waals surface area contributed by atoms with Crippen molar-refractivity contribution < 1.29 is 24.2 Å². The third-order valence-electron chi connectivity index (χ3n) is 8.39. The van der Waals surface area contributed by atoms with Crippen LogP contribution in [0.25, 0.3) is 11.1 Å². The Morgan fingerprint density at radius 1 is 0.667 bits per heavy atom. The van der Waals surface area contributed by atoms with Crippen molar-refractivity contribution in [3.8, 4) is 11.1 Å². The number of carbonyl (C=O) groups excluding carboxylic acids is 2. The summed E-state index contributed by atoms with van der Waals surface area (Å²) in [5.74, 6) is -0.535. The van der Waals surface area contributed by atoms with Crippen LogP contribution in [0.4, 0.5) is 4.79 Å². The van der Waals surface area contributed by atoms with Crippen molar-refractivity contribution in [2.75, 3.05) is 13.2 Å². The lowest BCUT2D eigenvalue weighted by atomic mass is 9.80. The van der Waals surface area contributed by atoms with Crippen LogP contribution in [0.1, 0.15) is 46.6 Å². The van der Waals surface area contributed by atoms with Crippen molar-refractivity contribution in [1.82, 2.24) is 5.32 Å². The summed E-state index contributed by atoms with van der Waals surface area (Å²) >= 11 is 0. The number of aliphatic hydroxyl groups is 1.